The van der Waals surface area contributed by atoms with Crippen molar-refractivity contribution in [3.63, 3.8) is 0 Å². The van der Waals surface area contributed by atoms with Gasteiger partial charge in [-0.25, -0.2) is 23.7 Å². The fourth-order valence-corrected chi connectivity index (χ4v) is 4.92. The van der Waals surface area contributed by atoms with Crippen molar-refractivity contribution < 1.29 is 18.3 Å². The highest BCUT2D eigenvalue weighted by molar-refractivity contribution is 5.88. The fourth-order valence-electron chi connectivity index (χ4n) is 4.92. The van der Waals surface area contributed by atoms with E-state index in [1.165, 1.54) is 13.2 Å². The zero-order chi connectivity index (χ0) is 20.8. The molecule has 156 valence electrons. The molecule has 0 saturated heterocycles. The van der Waals surface area contributed by atoms with Crippen molar-refractivity contribution in [3.8, 4) is 11.5 Å². The molecule has 0 spiro atoms. The van der Waals surface area contributed by atoms with Crippen molar-refractivity contribution in [2.75, 3.05) is 12.4 Å². The molecule has 3 aliphatic rings. The molecule has 0 radical (unpaired) electrons. The van der Waals surface area contributed by atoms with Gasteiger partial charge >= 0.3 is 5.97 Å². The van der Waals surface area contributed by atoms with Gasteiger partial charge in [-0.1, -0.05) is 0 Å². The predicted octanol–water partition coefficient (Wildman–Crippen LogP) is 3.08. The number of aromatic amines is 1. The summed E-state index contributed by atoms with van der Waals surface area (Å²) in [4.78, 5) is 24.7. The van der Waals surface area contributed by atoms with Crippen LogP contribution in [0.25, 0.3) is 22.6 Å². The lowest BCUT2D eigenvalue weighted by molar-refractivity contribution is -0.152. The van der Waals surface area contributed by atoms with E-state index in [0.717, 1.165) is 38.1 Å². The molecule has 6 rings (SSSR count). The lowest BCUT2D eigenvalue weighted by Gasteiger charge is -2.47. The third-order valence-corrected chi connectivity index (χ3v) is 6.33. The summed E-state index contributed by atoms with van der Waals surface area (Å²) < 4.78 is 33.3. The van der Waals surface area contributed by atoms with Crippen LogP contribution in [0.15, 0.2) is 18.5 Å². The second kappa shape index (κ2) is 7.26. The summed E-state index contributed by atoms with van der Waals surface area (Å²) in [5.41, 5.74) is 0.652. The van der Waals surface area contributed by atoms with Gasteiger partial charge in [0.05, 0.1) is 30.8 Å². The van der Waals surface area contributed by atoms with Crippen molar-refractivity contribution in [1.29, 1.82) is 0 Å². The number of H-pyrrole nitrogens is 1. The molecule has 2 N–H and O–H groups in total. The van der Waals surface area contributed by atoms with Crippen LogP contribution in [-0.2, 0) is 9.53 Å². The lowest BCUT2D eigenvalue weighted by atomic mass is 9.61. The average molecular weight is 414 g/mol. The Morgan fingerprint density at radius 1 is 1.17 bits per heavy atom. The molecule has 2 atom stereocenters. The molecule has 3 heterocycles. The van der Waals surface area contributed by atoms with Crippen LogP contribution in [0.2, 0.25) is 0 Å². The van der Waals surface area contributed by atoms with Gasteiger partial charge in [0, 0.05) is 6.04 Å². The molecule has 3 aromatic heterocycles. The van der Waals surface area contributed by atoms with Gasteiger partial charge in [0.15, 0.2) is 23.1 Å². The van der Waals surface area contributed by atoms with E-state index < -0.39 is 11.6 Å². The van der Waals surface area contributed by atoms with Gasteiger partial charge in [-0.15, -0.1) is 0 Å². The Morgan fingerprint density at radius 3 is 2.70 bits per heavy atom. The van der Waals surface area contributed by atoms with Gasteiger partial charge in [-0.2, -0.15) is 5.10 Å². The number of methoxy groups -OCH3 is 1. The number of rotatable bonds is 4. The summed E-state index contributed by atoms with van der Waals surface area (Å²) >= 11 is 0. The van der Waals surface area contributed by atoms with Crippen LogP contribution < -0.4 is 5.32 Å². The Kier molecular flexibility index (Phi) is 4.56. The largest absolute Gasteiger partial charge is 0.469 e. The summed E-state index contributed by atoms with van der Waals surface area (Å²) in [6, 6.07) is 1.01. The number of carbonyl (C=O) groups is 1. The molecule has 0 unspecified atom stereocenters. The molecule has 8 nitrogen and oxygen atoms in total. The number of carbonyl (C=O) groups excluding carboxylic acids is 1. The smallest absolute Gasteiger partial charge is 0.311 e. The Bertz CT molecular complexity index is 1110. The van der Waals surface area contributed by atoms with Crippen LogP contribution in [0, 0.1) is 29.4 Å². The van der Waals surface area contributed by atoms with E-state index in [1.54, 1.807) is 0 Å². The maximum absolute atomic E-state index is 14.6. The first kappa shape index (κ1) is 18.8. The molecular formula is C20H20F2N6O2. The van der Waals surface area contributed by atoms with E-state index in [0.29, 0.717) is 11.0 Å². The van der Waals surface area contributed by atoms with E-state index in [2.05, 4.69) is 30.5 Å². The van der Waals surface area contributed by atoms with Gasteiger partial charge in [-0.05, 0) is 43.6 Å². The standard InChI is InChI=1S/C20H20F2N6O2/c1-30-20(29)14-9-2-4-10(5-3-9)15(14)25-18-13(22)8-24-19(26-18)16-12-6-11(21)7-23-17(12)28-27-16/h6-10,14-15H,2-5H2,1H3,(H,23,27,28)(H,24,25,26)/t9?,10?,14-,15-/m0/s1. The van der Waals surface area contributed by atoms with Crippen molar-refractivity contribution in [2.45, 2.75) is 31.7 Å². The first-order chi connectivity index (χ1) is 14.5. The topological polar surface area (TPSA) is 106 Å². The minimum absolute atomic E-state index is 0.00744. The van der Waals surface area contributed by atoms with Crippen molar-refractivity contribution >= 4 is 22.8 Å². The van der Waals surface area contributed by atoms with E-state index >= 15 is 0 Å². The summed E-state index contributed by atoms with van der Waals surface area (Å²) in [6.07, 6.45) is 6.02. The number of nitrogens with one attached hydrogen (secondary N) is 2. The van der Waals surface area contributed by atoms with Crippen LogP contribution in [0.4, 0.5) is 14.6 Å². The first-order valence-electron chi connectivity index (χ1n) is 9.92. The number of nitrogens with zero attached hydrogens (tertiary/aromatic N) is 4. The molecule has 0 aromatic carbocycles. The summed E-state index contributed by atoms with van der Waals surface area (Å²) in [5, 5.41) is 10.4. The number of ether oxygens (including phenoxy) is 1. The molecule has 0 amide bonds. The van der Waals surface area contributed by atoms with Crippen LogP contribution in [0.5, 0.6) is 0 Å². The number of esters is 1. The van der Waals surface area contributed by atoms with Crippen LogP contribution in [0.1, 0.15) is 25.7 Å². The molecule has 3 saturated carbocycles. The van der Waals surface area contributed by atoms with Gasteiger partial charge in [0.25, 0.3) is 0 Å². The second-order valence-corrected chi connectivity index (χ2v) is 7.91. The van der Waals surface area contributed by atoms with Crippen molar-refractivity contribution in [1.82, 2.24) is 25.1 Å². The minimum Gasteiger partial charge on any atom is -0.469 e. The average Bonchev–Trinajstić information content (AvgIpc) is 3.18. The molecule has 3 aromatic rings. The highest BCUT2D eigenvalue weighted by Crippen LogP contribution is 2.46. The van der Waals surface area contributed by atoms with Gasteiger partial charge in [0.1, 0.15) is 11.5 Å². The zero-order valence-electron chi connectivity index (χ0n) is 16.2. The fraction of sp³-hybridized carbons (Fsp3) is 0.450. The van der Waals surface area contributed by atoms with Crippen LogP contribution in [0.3, 0.4) is 0 Å². The molecule has 30 heavy (non-hydrogen) atoms. The highest BCUT2D eigenvalue weighted by Gasteiger charge is 2.48. The van der Waals surface area contributed by atoms with E-state index in [9.17, 15) is 13.6 Å². The Hall–Kier alpha value is -3.17. The lowest BCUT2D eigenvalue weighted by Crippen LogP contribution is -2.52. The number of aromatic nitrogens is 5. The van der Waals surface area contributed by atoms with Gasteiger partial charge in [0.2, 0.25) is 0 Å². The van der Waals surface area contributed by atoms with E-state index in [4.69, 9.17) is 4.74 Å². The maximum atomic E-state index is 14.6. The number of fused-ring (bicyclic) bond motifs is 4. The molecule has 2 bridgehead atoms. The molecule has 3 fully saturated rings. The number of anilines is 1. The predicted molar refractivity (Wildman–Crippen MR) is 103 cm³/mol. The van der Waals surface area contributed by atoms with Crippen molar-refractivity contribution in [3.05, 3.63) is 30.1 Å². The Labute approximate surface area is 170 Å². The summed E-state index contributed by atoms with van der Waals surface area (Å²) in [7, 11) is 1.38. The van der Waals surface area contributed by atoms with E-state index in [-0.39, 0.29) is 47.1 Å². The normalized spacial score (nSPS) is 25.4. The molecule has 3 aliphatic carbocycles. The van der Waals surface area contributed by atoms with Gasteiger partial charge in [-0.3, -0.25) is 9.89 Å². The number of pyridine rings is 1. The summed E-state index contributed by atoms with van der Waals surface area (Å²) in [5.74, 6) is -1.20. The second-order valence-electron chi connectivity index (χ2n) is 7.91. The van der Waals surface area contributed by atoms with Crippen LogP contribution in [-0.4, -0.2) is 44.3 Å². The third-order valence-electron chi connectivity index (χ3n) is 6.33. The van der Waals surface area contributed by atoms with E-state index in [1.807, 2.05) is 0 Å². The Balaban J connectivity index is 1.50. The first-order valence-corrected chi connectivity index (χ1v) is 9.92. The third kappa shape index (κ3) is 3.06. The monoisotopic (exact) mass is 414 g/mol. The highest BCUT2D eigenvalue weighted by atomic mass is 19.1. The number of halogens is 2. The van der Waals surface area contributed by atoms with Gasteiger partial charge < -0.3 is 10.1 Å². The number of hydrogen-bond donors (Lipinski definition) is 2. The maximum Gasteiger partial charge on any atom is 0.311 e. The van der Waals surface area contributed by atoms with Crippen LogP contribution >= 0.6 is 0 Å². The minimum atomic E-state index is -0.632. The number of hydrogen-bond acceptors (Lipinski definition) is 7. The summed E-state index contributed by atoms with van der Waals surface area (Å²) in [6.45, 7) is 0. The zero-order valence-corrected chi connectivity index (χ0v) is 16.2. The Morgan fingerprint density at radius 2 is 1.93 bits per heavy atom. The molecular weight excluding hydrogens is 394 g/mol. The quantitative estimate of drug-likeness (QED) is 0.632. The SMILES string of the molecule is COC(=O)[C@H]1C2CCC(CC2)[C@@H]1Nc1nc(-c2n[nH]c3ncc(F)cc23)ncc1F. The molecule has 10 heteroatoms. The van der Waals surface area contributed by atoms with Crippen molar-refractivity contribution in [2.24, 2.45) is 17.8 Å². The molecule has 0 aliphatic heterocycles.